The highest BCUT2D eigenvalue weighted by Gasteiger charge is 2.43. The van der Waals surface area contributed by atoms with Crippen molar-refractivity contribution in [3.8, 4) is 0 Å². The van der Waals surface area contributed by atoms with Crippen LogP contribution >= 0.6 is 43.5 Å². The van der Waals surface area contributed by atoms with Crippen LogP contribution in [0.1, 0.15) is 41.9 Å². The van der Waals surface area contributed by atoms with Crippen molar-refractivity contribution < 1.29 is 23.9 Å². The lowest BCUT2D eigenvalue weighted by atomic mass is 10.0. The van der Waals surface area contributed by atoms with E-state index >= 15 is 0 Å². The molecule has 1 aromatic heterocycles. The predicted octanol–water partition coefficient (Wildman–Crippen LogP) is 5.05. The number of ether oxygens (including phenoxy) is 2. The molecule has 2 heterocycles. The lowest BCUT2D eigenvalue weighted by molar-refractivity contribution is -0.240. The number of aromatic nitrogens is 1. The van der Waals surface area contributed by atoms with Crippen LogP contribution < -0.4 is 0 Å². The summed E-state index contributed by atoms with van der Waals surface area (Å²) >= 11 is 12.9. The number of carbonyl (C=O) groups excluding carboxylic acids is 3. The van der Waals surface area contributed by atoms with Gasteiger partial charge in [-0.3, -0.25) is 14.4 Å². The van der Waals surface area contributed by atoms with Gasteiger partial charge < -0.3 is 14.0 Å². The minimum absolute atomic E-state index is 0.133. The van der Waals surface area contributed by atoms with E-state index in [1.165, 1.54) is 13.8 Å². The molecule has 1 saturated heterocycles. The number of benzene rings is 1. The largest absolute Gasteiger partial charge is 0.422 e. The zero-order valence-corrected chi connectivity index (χ0v) is 19.9. The second kappa shape index (κ2) is 8.24. The third-order valence-corrected chi connectivity index (χ3v) is 7.18. The first-order valence-corrected chi connectivity index (χ1v) is 10.8. The van der Waals surface area contributed by atoms with E-state index in [9.17, 15) is 14.4 Å². The summed E-state index contributed by atoms with van der Waals surface area (Å²) in [5, 5.41) is 0.535. The Morgan fingerprint density at radius 3 is 2.24 bits per heavy atom. The fourth-order valence-electron chi connectivity index (χ4n) is 3.16. The average Bonchev–Trinajstić information content (AvgIpc) is 2.84. The van der Waals surface area contributed by atoms with Crippen LogP contribution in [0.4, 0.5) is 0 Å². The van der Waals surface area contributed by atoms with Gasteiger partial charge in [-0.2, -0.15) is 0 Å². The molecule has 0 radical (unpaired) electrons. The third kappa shape index (κ3) is 4.44. The number of carbonyl (C=O) groups is 3. The van der Waals surface area contributed by atoms with Crippen molar-refractivity contribution in [3.63, 3.8) is 0 Å². The molecule has 1 aliphatic heterocycles. The molecule has 154 valence electrons. The SMILES string of the molecule is Cc1c(Br)c(Br)n(CCC2C(=O)OC(C)(C)OC2=O)c1C(=O)c1ccc(Cl)cc1. The number of nitrogens with zero attached hydrogens (tertiary/aromatic N) is 1. The molecule has 29 heavy (non-hydrogen) atoms. The van der Waals surface area contributed by atoms with E-state index in [0.717, 1.165) is 10.0 Å². The molecule has 0 N–H and O–H groups in total. The van der Waals surface area contributed by atoms with Gasteiger partial charge in [-0.15, -0.1) is 0 Å². The van der Waals surface area contributed by atoms with Crippen molar-refractivity contribution in [2.24, 2.45) is 5.92 Å². The Morgan fingerprint density at radius 1 is 1.14 bits per heavy atom. The number of rotatable bonds is 5. The fraction of sp³-hybridized carbons (Fsp3) is 0.350. The van der Waals surface area contributed by atoms with Crippen molar-refractivity contribution in [2.75, 3.05) is 0 Å². The predicted molar refractivity (Wildman–Crippen MR) is 114 cm³/mol. The van der Waals surface area contributed by atoms with E-state index in [-0.39, 0.29) is 18.7 Å². The van der Waals surface area contributed by atoms with Crippen LogP contribution in [-0.2, 0) is 25.6 Å². The second-order valence-corrected chi connectivity index (χ2v) is 9.13. The molecule has 0 unspecified atom stereocenters. The molecule has 2 aromatic rings. The summed E-state index contributed by atoms with van der Waals surface area (Å²) in [7, 11) is 0. The van der Waals surface area contributed by atoms with E-state index in [1.54, 1.807) is 28.8 Å². The first-order chi connectivity index (χ1) is 13.5. The number of ketones is 1. The molecule has 1 aliphatic rings. The van der Waals surface area contributed by atoms with Crippen molar-refractivity contribution in [1.29, 1.82) is 0 Å². The molecule has 0 spiro atoms. The zero-order chi connectivity index (χ0) is 21.5. The van der Waals surface area contributed by atoms with Gasteiger partial charge in [0, 0.05) is 31.0 Å². The van der Waals surface area contributed by atoms with Crippen molar-refractivity contribution >= 4 is 61.2 Å². The molecule has 9 heteroatoms. The summed E-state index contributed by atoms with van der Waals surface area (Å²) < 4.78 is 13.4. The maximum atomic E-state index is 13.1. The van der Waals surface area contributed by atoms with Crippen LogP contribution in [0, 0.1) is 12.8 Å². The number of cyclic esters (lactones) is 2. The Morgan fingerprint density at radius 2 is 1.69 bits per heavy atom. The van der Waals surface area contributed by atoms with E-state index in [4.69, 9.17) is 21.1 Å². The first-order valence-electron chi connectivity index (χ1n) is 8.82. The molecule has 6 nitrogen and oxygen atoms in total. The Balaban J connectivity index is 1.89. The molecule has 1 fully saturated rings. The van der Waals surface area contributed by atoms with Gasteiger partial charge in [0.2, 0.25) is 5.78 Å². The molecule has 0 bridgehead atoms. The summed E-state index contributed by atoms with van der Waals surface area (Å²) in [5.74, 6) is -3.77. The van der Waals surface area contributed by atoms with Gasteiger partial charge in [0.25, 0.3) is 5.79 Å². The van der Waals surface area contributed by atoms with E-state index in [2.05, 4.69) is 31.9 Å². The summed E-state index contributed by atoms with van der Waals surface area (Å²) in [6.45, 7) is 5.06. The van der Waals surface area contributed by atoms with Gasteiger partial charge in [0.05, 0.1) is 14.8 Å². The Hall–Kier alpha value is -1.64. The summed E-state index contributed by atoms with van der Waals surface area (Å²) in [6.07, 6.45) is 0.133. The quantitative estimate of drug-likeness (QED) is 0.298. The van der Waals surface area contributed by atoms with Gasteiger partial charge >= 0.3 is 11.9 Å². The lowest BCUT2D eigenvalue weighted by Crippen LogP contribution is -2.46. The third-order valence-electron chi connectivity index (χ3n) is 4.60. The maximum absolute atomic E-state index is 13.1. The van der Waals surface area contributed by atoms with Gasteiger partial charge in [0.15, 0.2) is 5.92 Å². The Labute approximate surface area is 189 Å². The minimum atomic E-state index is -1.27. The van der Waals surface area contributed by atoms with Crippen molar-refractivity contribution in [1.82, 2.24) is 4.57 Å². The zero-order valence-electron chi connectivity index (χ0n) is 15.9. The first kappa shape index (κ1) is 22.1. The van der Waals surface area contributed by atoms with Gasteiger partial charge in [-0.1, -0.05) is 11.6 Å². The highest BCUT2D eigenvalue weighted by Crippen LogP contribution is 2.35. The smallest absolute Gasteiger partial charge is 0.323 e. The van der Waals surface area contributed by atoms with Crippen LogP contribution in [0.3, 0.4) is 0 Å². The average molecular weight is 548 g/mol. The van der Waals surface area contributed by atoms with Crippen LogP contribution in [0.5, 0.6) is 0 Å². The highest BCUT2D eigenvalue weighted by atomic mass is 79.9. The maximum Gasteiger partial charge on any atom is 0.323 e. The monoisotopic (exact) mass is 545 g/mol. The van der Waals surface area contributed by atoms with Crippen LogP contribution in [0.25, 0.3) is 0 Å². The molecule has 3 rings (SSSR count). The highest BCUT2D eigenvalue weighted by molar-refractivity contribution is 9.13. The van der Waals surface area contributed by atoms with Gasteiger partial charge in [0.1, 0.15) is 0 Å². The van der Waals surface area contributed by atoms with Crippen LogP contribution in [0.2, 0.25) is 5.02 Å². The van der Waals surface area contributed by atoms with E-state index in [0.29, 0.717) is 20.9 Å². The number of hydrogen-bond donors (Lipinski definition) is 0. The molecule has 0 amide bonds. The standard InChI is InChI=1S/C20H18Br2ClNO5/c1-10-14(21)17(22)24(15(10)16(25)11-4-6-12(23)7-5-11)9-8-13-18(26)28-20(2,3)29-19(13)27/h4-7,13H,8-9H2,1-3H3. The summed E-state index contributed by atoms with van der Waals surface area (Å²) in [6, 6.07) is 6.61. The minimum Gasteiger partial charge on any atom is -0.422 e. The lowest BCUT2D eigenvalue weighted by Gasteiger charge is -2.33. The molecular weight excluding hydrogens is 529 g/mol. The number of esters is 2. The van der Waals surface area contributed by atoms with Crippen molar-refractivity contribution in [3.05, 3.63) is 55.2 Å². The number of hydrogen-bond acceptors (Lipinski definition) is 5. The Kier molecular flexibility index (Phi) is 6.27. The number of halogens is 3. The topological polar surface area (TPSA) is 74.6 Å². The van der Waals surface area contributed by atoms with E-state index < -0.39 is 23.6 Å². The normalized spacial score (nSPS) is 16.5. The van der Waals surface area contributed by atoms with E-state index in [1.807, 2.05) is 6.92 Å². The molecule has 0 saturated carbocycles. The molecule has 0 aliphatic carbocycles. The van der Waals surface area contributed by atoms with Crippen LogP contribution in [0.15, 0.2) is 33.3 Å². The molecular formula is C20H18Br2ClNO5. The summed E-state index contributed by atoms with van der Waals surface area (Å²) in [5.41, 5.74) is 1.67. The van der Waals surface area contributed by atoms with Gasteiger partial charge in [-0.05, 0) is 75.0 Å². The van der Waals surface area contributed by atoms with Crippen molar-refractivity contribution in [2.45, 2.75) is 39.5 Å². The second-order valence-electron chi connectivity index (χ2n) is 7.15. The Bertz CT molecular complexity index is 977. The summed E-state index contributed by atoms with van der Waals surface area (Å²) in [4.78, 5) is 37.6. The fourth-order valence-corrected chi connectivity index (χ4v) is 4.34. The van der Waals surface area contributed by atoms with Gasteiger partial charge in [-0.25, -0.2) is 0 Å². The molecule has 0 atom stereocenters. The van der Waals surface area contributed by atoms with Crippen LogP contribution in [-0.4, -0.2) is 28.1 Å². The molecule has 1 aromatic carbocycles.